The van der Waals surface area contributed by atoms with Gasteiger partial charge in [-0.25, -0.2) is 4.52 Å². The fraction of sp³-hybridized carbons (Fsp3) is 0.286. The van der Waals surface area contributed by atoms with Crippen molar-refractivity contribution in [3.63, 3.8) is 0 Å². The number of aryl methyl sites for hydroxylation is 1. The number of fused-ring (bicyclic) bond motifs is 3. The van der Waals surface area contributed by atoms with Gasteiger partial charge < -0.3 is 10.3 Å². The minimum Gasteiger partial charge on any atom is -0.348 e. The van der Waals surface area contributed by atoms with E-state index in [0.717, 1.165) is 18.4 Å². The lowest BCUT2D eigenvalue weighted by Gasteiger charge is -2.03. The van der Waals surface area contributed by atoms with Crippen LogP contribution in [0.15, 0.2) is 23.0 Å². The van der Waals surface area contributed by atoms with Crippen LogP contribution >= 0.6 is 0 Å². The van der Waals surface area contributed by atoms with E-state index in [9.17, 15) is 9.59 Å². The zero-order chi connectivity index (χ0) is 14.6. The molecule has 1 aromatic carbocycles. The summed E-state index contributed by atoms with van der Waals surface area (Å²) in [5, 5.41) is 10.7. The molecule has 2 N–H and O–H groups in total. The standard InChI is InChI=1S/C14H13N5O2/c1-7-2-5-10-9(6-7)16-14(21)12-11(17-18-19(10)12)13(20)15-8-3-4-8/h2,5-6,8H,3-4H2,1H3,(H,15,20)(H,16,21). The van der Waals surface area contributed by atoms with Gasteiger partial charge in [0.2, 0.25) is 0 Å². The number of aromatic nitrogens is 4. The predicted octanol–water partition coefficient (Wildman–Crippen LogP) is 0.771. The Hall–Kier alpha value is -2.70. The fourth-order valence-electron chi connectivity index (χ4n) is 2.40. The summed E-state index contributed by atoms with van der Waals surface area (Å²) in [5.41, 5.74) is 2.32. The third-order valence-corrected chi connectivity index (χ3v) is 3.64. The number of carbonyl (C=O) groups is 1. The molecule has 0 atom stereocenters. The summed E-state index contributed by atoms with van der Waals surface area (Å²) in [6, 6.07) is 5.84. The first kappa shape index (κ1) is 12.1. The molecule has 106 valence electrons. The van der Waals surface area contributed by atoms with Crippen molar-refractivity contribution in [1.82, 2.24) is 25.1 Å². The molecule has 2 heterocycles. The molecule has 3 aromatic rings. The van der Waals surface area contributed by atoms with Gasteiger partial charge in [0.25, 0.3) is 11.5 Å². The maximum atomic E-state index is 12.3. The summed E-state index contributed by atoms with van der Waals surface area (Å²) in [6.07, 6.45) is 1.95. The van der Waals surface area contributed by atoms with Crippen molar-refractivity contribution in [1.29, 1.82) is 0 Å². The van der Waals surface area contributed by atoms with E-state index in [2.05, 4.69) is 20.6 Å². The number of carbonyl (C=O) groups excluding carboxylic acids is 1. The van der Waals surface area contributed by atoms with Crippen LogP contribution in [0.5, 0.6) is 0 Å². The van der Waals surface area contributed by atoms with Gasteiger partial charge in [0.05, 0.1) is 11.0 Å². The van der Waals surface area contributed by atoms with Gasteiger partial charge in [-0.2, -0.15) is 0 Å². The van der Waals surface area contributed by atoms with Crippen molar-refractivity contribution in [3.8, 4) is 0 Å². The quantitative estimate of drug-likeness (QED) is 0.726. The second-order valence-electron chi connectivity index (χ2n) is 5.42. The van der Waals surface area contributed by atoms with Crippen LogP contribution in [0.3, 0.4) is 0 Å². The Labute approximate surface area is 119 Å². The maximum Gasteiger partial charge on any atom is 0.277 e. The van der Waals surface area contributed by atoms with Crippen LogP contribution in [0.2, 0.25) is 0 Å². The van der Waals surface area contributed by atoms with Gasteiger partial charge >= 0.3 is 0 Å². The molecule has 0 spiro atoms. The molecule has 0 bridgehead atoms. The molecule has 1 aliphatic rings. The summed E-state index contributed by atoms with van der Waals surface area (Å²) >= 11 is 0. The van der Waals surface area contributed by atoms with Crippen LogP contribution in [0.4, 0.5) is 0 Å². The first-order chi connectivity index (χ1) is 10.1. The van der Waals surface area contributed by atoms with Gasteiger partial charge in [-0.15, -0.1) is 5.10 Å². The molecule has 7 nitrogen and oxygen atoms in total. The molecule has 1 amide bonds. The highest BCUT2D eigenvalue weighted by atomic mass is 16.2. The van der Waals surface area contributed by atoms with Gasteiger partial charge in [0.15, 0.2) is 11.2 Å². The number of aromatic amines is 1. The van der Waals surface area contributed by atoms with E-state index >= 15 is 0 Å². The van der Waals surface area contributed by atoms with E-state index in [-0.39, 0.29) is 28.7 Å². The van der Waals surface area contributed by atoms with E-state index in [0.29, 0.717) is 11.0 Å². The summed E-state index contributed by atoms with van der Waals surface area (Å²) < 4.78 is 1.43. The van der Waals surface area contributed by atoms with E-state index in [1.807, 2.05) is 25.1 Å². The Morgan fingerprint density at radius 2 is 2.24 bits per heavy atom. The number of rotatable bonds is 2. The Bertz CT molecular complexity index is 936. The molecule has 1 saturated carbocycles. The third kappa shape index (κ3) is 1.89. The van der Waals surface area contributed by atoms with Gasteiger partial charge in [-0.05, 0) is 37.5 Å². The average Bonchev–Trinajstić information content (AvgIpc) is 3.13. The molecule has 7 heteroatoms. The van der Waals surface area contributed by atoms with E-state index in [1.165, 1.54) is 4.52 Å². The van der Waals surface area contributed by atoms with Crippen LogP contribution in [-0.4, -0.2) is 31.8 Å². The van der Waals surface area contributed by atoms with Gasteiger partial charge in [0, 0.05) is 6.04 Å². The monoisotopic (exact) mass is 283 g/mol. The molecular weight excluding hydrogens is 270 g/mol. The summed E-state index contributed by atoms with van der Waals surface area (Å²) in [7, 11) is 0. The third-order valence-electron chi connectivity index (χ3n) is 3.64. The van der Waals surface area contributed by atoms with Crippen LogP contribution in [0.25, 0.3) is 16.6 Å². The molecule has 0 radical (unpaired) electrons. The lowest BCUT2D eigenvalue weighted by atomic mass is 10.2. The van der Waals surface area contributed by atoms with Crippen LogP contribution < -0.4 is 10.9 Å². The fourth-order valence-corrected chi connectivity index (χ4v) is 2.40. The number of hydrogen-bond donors (Lipinski definition) is 2. The van der Waals surface area contributed by atoms with Gasteiger partial charge in [-0.3, -0.25) is 9.59 Å². The summed E-state index contributed by atoms with van der Waals surface area (Å²) in [6.45, 7) is 1.94. The smallest absolute Gasteiger partial charge is 0.277 e. The molecule has 1 aliphatic carbocycles. The number of benzene rings is 1. The number of H-pyrrole nitrogens is 1. The molecule has 4 rings (SSSR count). The minimum atomic E-state index is -0.362. The van der Waals surface area contributed by atoms with Gasteiger partial charge in [0.1, 0.15) is 0 Å². The Morgan fingerprint density at radius 1 is 1.43 bits per heavy atom. The number of nitrogens with zero attached hydrogens (tertiary/aromatic N) is 3. The maximum absolute atomic E-state index is 12.3. The highest BCUT2D eigenvalue weighted by molar-refractivity contribution is 5.99. The van der Waals surface area contributed by atoms with E-state index < -0.39 is 0 Å². The van der Waals surface area contributed by atoms with Crippen molar-refractivity contribution in [3.05, 3.63) is 39.8 Å². The van der Waals surface area contributed by atoms with E-state index in [4.69, 9.17) is 0 Å². The lowest BCUT2D eigenvalue weighted by Crippen LogP contribution is -2.27. The second-order valence-corrected chi connectivity index (χ2v) is 5.42. The number of nitrogens with one attached hydrogen (secondary N) is 2. The molecule has 0 aliphatic heterocycles. The van der Waals surface area contributed by atoms with Crippen LogP contribution in [0.1, 0.15) is 28.9 Å². The predicted molar refractivity (Wildman–Crippen MR) is 76.3 cm³/mol. The molecule has 2 aromatic heterocycles. The largest absolute Gasteiger partial charge is 0.348 e. The Kier molecular flexibility index (Phi) is 2.38. The Morgan fingerprint density at radius 3 is 3.00 bits per heavy atom. The highest BCUT2D eigenvalue weighted by Gasteiger charge is 2.27. The number of hydrogen-bond acceptors (Lipinski definition) is 4. The van der Waals surface area contributed by atoms with Crippen LogP contribution in [0, 0.1) is 6.92 Å². The highest BCUT2D eigenvalue weighted by Crippen LogP contribution is 2.20. The van der Waals surface area contributed by atoms with Crippen molar-refractivity contribution < 1.29 is 4.79 Å². The zero-order valence-corrected chi connectivity index (χ0v) is 11.4. The normalized spacial score (nSPS) is 14.7. The summed E-state index contributed by atoms with van der Waals surface area (Å²) in [4.78, 5) is 27.2. The first-order valence-electron chi connectivity index (χ1n) is 6.82. The van der Waals surface area contributed by atoms with Crippen molar-refractivity contribution in [2.24, 2.45) is 0 Å². The van der Waals surface area contributed by atoms with Gasteiger partial charge in [-0.1, -0.05) is 11.3 Å². The first-order valence-corrected chi connectivity index (χ1v) is 6.82. The molecule has 21 heavy (non-hydrogen) atoms. The molecule has 0 unspecified atom stereocenters. The molecule has 0 saturated heterocycles. The number of amides is 1. The van der Waals surface area contributed by atoms with E-state index in [1.54, 1.807) is 0 Å². The Balaban J connectivity index is 1.96. The zero-order valence-electron chi connectivity index (χ0n) is 11.4. The van der Waals surface area contributed by atoms with Crippen molar-refractivity contribution in [2.45, 2.75) is 25.8 Å². The lowest BCUT2D eigenvalue weighted by molar-refractivity contribution is 0.0947. The van der Waals surface area contributed by atoms with Crippen molar-refractivity contribution >= 4 is 22.5 Å². The average molecular weight is 283 g/mol. The molecular formula is C14H13N5O2. The van der Waals surface area contributed by atoms with Crippen molar-refractivity contribution in [2.75, 3.05) is 0 Å². The minimum absolute atomic E-state index is 0.0747. The SMILES string of the molecule is Cc1ccc2c(c1)[nH]c(=O)c1c(C(=O)NC3CC3)nnn12. The topological polar surface area (TPSA) is 92.1 Å². The second kappa shape index (κ2) is 4.15. The van der Waals surface area contributed by atoms with Crippen LogP contribution in [-0.2, 0) is 0 Å². The molecule has 1 fully saturated rings. The summed E-state index contributed by atoms with van der Waals surface area (Å²) in [5.74, 6) is -0.343.